The van der Waals surface area contributed by atoms with E-state index in [2.05, 4.69) is 29.3 Å². The highest BCUT2D eigenvalue weighted by Crippen LogP contribution is 2.29. The van der Waals surface area contributed by atoms with Crippen molar-refractivity contribution in [2.75, 3.05) is 23.3 Å². The van der Waals surface area contributed by atoms with Crippen molar-refractivity contribution in [3.8, 4) is 0 Å². The molecule has 0 saturated carbocycles. The number of anilines is 2. The lowest BCUT2D eigenvalue weighted by Crippen LogP contribution is -2.30. The largest absolute Gasteiger partial charge is 0.370 e. The van der Waals surface area contributed by atoms with E-state index < -0.39 is 0 Å². The maximum atomic E-state index is 12.9. The molecule has 2 heterocycles. The third kappa shape index (κ3) is 3.72. The van der Waals surface area contributed by atoms with Crippen LogP contribution in [-0.2, 0) is 11.2 Å². The van der Waals surface area contributed by atoms with E-state index in [0.717, 1.165) is 52.2 Å². The van der Waals surface area contributed by atoms with E-state index in [1.54, 1.807) is 0 Å². The van der Waals surface area contributed by atoms with E-state index >= 15 is 0 Å². The second kappa shape index (κ2) is 8.01. The van der Waals surface area contributed by atoms with Gasteiger partial charge in [-0.25, -0.2) is 0 Å². The molecule has 0 unspecified atom stereocenters. The maximum absolute atomic E-state index is 12.9. The molecule has 144 valence electrons. The number of fused-ring (bicyclic) bond motifs is 1. The van der Waals surface area contributed by atoms with Crippen molar-refractivity contribution in [2.24, 2.45) is 0 Å². The van der Waals surface area contributed by atoms with Gasteiger partial charge in [-0.1, -0.05) is 30.3 Å². The highest BCUT2D eigenvalue weighted by atomic mass is 16.1. The van der Waals surface area contributed by atoms with Crippen LogP contribution in [0, 0.1) is 13.8 Å². The number of para-hydroxylation sites is 3. The summed E-state index contributed by atoms with van der Waals surface area (Å²) in [7, 11) is 0. The van der Waals surface area contributed by atoms with Gasteiger partial charge in [-0.2, -0.15) is 0 Å². The number of piperidine rings is 1. The Balaban J connectivity index is 1.57. The summed E-state index contributed by atoms with van der Waals surface area (Å²) in [5.41, 5.74) is 6.10. The molecule has 0 bridgehead atoms. The summed E-state index contributed by atoms with van der Waals surface area (Å²) < 4.78 is 0. The molecule has 28 heavy (non-hydrogen) atoms. The third-order valence-electron chi connectivity index (χ3n) is 5.70. The Morgan fingerprint density at radius 3 is 2.54 bits per heavy atom. The summed E-state index contributed by atoms with van der Waals surface area (Å²) in [5, 5.41) is 4.27. The van der Waals surface area contributed by atoms with Gasteiger partial charge in [0.1, 0.15) is 0 Å². The van der Waals surface area contributed by atoms with Crippen LogP contribution in [0.2, 0.25) is 0 Å². The predicted molar refractivity (Wildman–Crippen MR) is 116 cm³/mol. The minimum atomic E-state index is 0.00717. The van der Waals surface area contributed by atoms with Gasteiger partial charge in [-0.3, -0.25) is 9.78 Å². The molecule has 4 rings (SSSR count). The first kappa shape index (κ1) is 18.5. The number of pyridine rings is 1. The molecular weight excluding hydrogens is 346 g/mol. The zero-order valence-electron chi connectivity index (χ0n) is 16.7. The molecule has 1 aliphatic heterocycles. The van der Waals surface area contributed by atoms with Crippen molar-refractivity contribution in [3.05, 3.63) is 65.4 Å². The number of hydrogen-bond acceptors (Lipinski definition) is 3. The number of hydrogen-bond donors (Lipinski definition) is 1. The molecule has 0 spiro atoms. The number of rotatable bonds is 4. The highest BCUT2D eigenvalue weighted by molar-refractivity contribution is 5.96. The molecule has 1 aromatic heterocycles. The highest BCUT2D eigenvalue weighted by Gasteiger charge is 2.17. The molecular formula is C24H27N3O. The topological polar surface area (TPSA) is 45.2 Å². The molecule has 0 radical (unpaired) electrons. The Morgan fingerprint density at radius 1 is 1.00 bits per heavy atom. The smallest absolute Gasteiger partial charge is 0.228 e. The lowest BCUT2D eigenvalue weighted by molar-refractivity contribution is -0.115. The molecule has 1 aliphatic rings. The first-order valence-electron chi connectivity index (χ1n) is 10.1. The number of amides is 1. The van der Waals surface area contributed by atoms with E-state index in [4.69, 9.17) is 4.98 Å². The average Bonchev–Trinajstić information content (AvgIpc) is 2.72. The van der Waals surface area contributed by atoms with Gasteiger partial charge >= 0.3 is 0 Å². The van der Waals surface area contributed by atoms with Gasteiger partial charge in [0.05, 0.1) is 23.3 Å². The number of carbonyl (C=O) groups is 1. The quantitative estimate of drug-likeness (QED) is 0.698. The number of nitrogens with one attached hydrogen (secondary N) is 1. The molecule has 2 aromatic carbocycles. The molecule has 0 atom stereocenters. The van der Waals surface area contributed by atoms with E-state index in [1.807, 2.05) is 43.3 Å². The van der Waals surface area contributed by atoms with Crippen LogP contribution in [0.5, 0.6) is 0 Å². The molecule has 1 amide bonds. The van der Waals surface area contributed by atoms with Crippen molar-refractivity contribution in [3.63, 3.8) is 0 Å². The second-order valence-corrected chi connectivity index (χ2v) is 7.61. The number of benzene rings is 2. The summed E-state index contributed by atoms with van der Waals surface area (Å²) in [6.45, 7) is 6.18. The van der Waals surface area contributed by atoms with Crippen molar-refractivity contribution in [2.45, 2.75) is 39.5 Å². The van der Waals surface area contributed by atoms with Crippen LogP contribution in [0.25, 0.3) is 10.9 Å². The first-order valence-corrected chi connectivity index (χ1v) is 10.1. The lowest BCUT2D eigenvalue weighted by atomic mass is 9.99. The van der Waals surface area contributed by atoms with Crippen LogP contribution < -0.4 is 10.2 Å². The number of aromatic nitrogens is 1. The van der Waals surface area contributed by atoms with E-state index in [-0.39, 0.29) is 5.91 Å². The van der Waals surface area contributed by atoms with Crippen molar-refractivity contribution in [1.29, 1.82) is 0 Å². The summed E-state index contributed by atoms with van der Waals surface area (Å²) in [6, 6.07) is 16.2. The lowest BCUT2D eigenvalue weighted by Gasteiger charge is -2.30. The van der Waals surface area contributed by atoms with Crippen LogP contribution in [-0.4, -0.2) is 24.0 Å². The Labute approximate surface area is 166 Å². The van der Waals surface area contributed by atoms with Crippen molar-refractivity contribution >= 4 is 28.2 Å². The standard InChI is InChI=1S/C24H27N3O/c1-17-19-10-4-5-11-21(19)25-18(2)20(17)16-24(28)26-22-12-6-7-13-23(22)27-14-8-3-9-15-27/h4-7,10-13H,3,8-9,14-16H2,1-2H3,(H,26,28). The van der Waals surface area contributed by atoms with Gasteiger partial charge in [0.15, 0.2) is 0 Å². The first-order chi connectivity index (χ1) is 13.6. The van der Waals surface area contributed by atoms with Gasteiger partial charge in [0.2, 0.25) is 5.91 Å². The summed E-state index contributed by atoms with van der Waals surface area (Å²) in [5.74, 6) is 0.00717. The molecule has 1 N–H and O–H groups in total. The molecule has 1 saturated heterocycles. The molecule has 3 aromatic rings. The maximum Gasteiger partial charge on any atom is 0.228 e. The Morgan fingerprint density at radius 2 is 1.71 bits per heavy atom. The Hall–Kier alpha value is -2.88. The zero-order chi connectivity index (χ0) is 19.5. The summed E-state index contributed by atoms with van der Waals surface area (Å²) in [6.07, 6.45) is 4.05. The Bertz CT molecular complexity index is 1010. The van der Waals surface area contributed by atoms with Crippen LogP contribution in [0.4, 0.5) is 11.4 Å². The predicted octanol–water partition coefficient (Wildman–Crippen LogP) is 5.02. The minimum absolute atomic E-state index is 0.00717. The molecule has 0 aliphatic carbocycles. The van der Waals surface area contributed by atoms with Crippen molar-refractivity contribution in [1.82, 2.24) is 4.98 Å². The van der Waals surface area contributed by atoms with Gasteiger partial charge in [0, 0.05) is 24.2 Å². The number of nitrogens with zero attached hydrogens (tertiary/aromatic N) is 2. The summed E-state index contributed by atoms with van der Waals surface area (Å²) >= 11 is 0. The molecule has 4 heteroatoms. The van der Waals surface area contributed by atoms with Crippen LogP contribution in [0.1, 0.15) is 36.1 Å². The minimum Gasteiger partial charge on any atom is -0.370 e. The van der Waals surface area contributed by atoms with Gasteiger partial charge in [0.25, 0.3) is 0 Å². The van der Waals surface area contributed by atoms with Crippen molar-refractivity contribution < 1.29 is 4.79 Å². The third-order valence-corrected chi connectivity index (χ3v) is 5.70. The number of aryl methyl sites for hydroxylation is 2. The van der Waals surface area contributed by atoms with Crippen LogP contribution in [0.15, 0.2) is 48.5 Å². The number of carbonyl (C=O) groups excluding carboxylic acids is 1. The Kier molecular flexibility index (Phi) is 5.29. The van der Waals surface area contributed by atoms with Gasteiger partial charge < -0.3 is 10.2 Å². The van der Waals surface area contributed by atoms with Crippen LogP contribution >= 0.6 is 0 Å². The second-order valence-electron chi connectivity index (χ2n) is 7.61. The zero-order valence-corrected chi connectivity index (χ0v) is 16.7. The normalized spacial score (nSPS) is 14.3. The molecule has 4 nitrogen and oxygen atoms in total. The van der Waals surface area contributed by atoms with Gasteiger partial charge in [-0.15, -0.1) is 0 Å². The summed E-state index contributed by atoms with van der Waals surface area (Å²) in [4.78, 5) is 20.0. The van der Waals surface area contributed by atoms with E-state index in [9.17, 15) is 4.79 Å². The SMILES string of the molecule is Cc1nc2ccccc2c(C)c1CC(=O)Nc1ccccc1N1CCCCC1. The fourth-order valence-electron chi connectivity index (χ4n) is 4.18. The fraction of sp³-hybridized carbons (Fsp3) is 0.333. The average molecular weight is 374 g/mol. The van der Waals surface area contributed by atoms with Crippen LogP contribution in [0.3, 0.4) is 0 Å². The fourth-order valence-corrected chi connectivity index (χ4v) is 4.18. The van der Waals surface area contributed by atoms with E-state index in [1.165, 1.54) is 19.3 Å². The monoisotopic (exact) mass is 373 g/mol. The van der Waals surface area contributed by atoms with Gasteiger partial charge in [-0.05, 0) is 62.4 Å². The molecule has 1 fully saturated rings. The van der Waals surface area contributed by atoms with E-state index in [0.29, 0.717) is 6.42 Å².